The Morgan fingerprint density at radius 3 is 2.20 bits per heavy atom. The fourth-order valence-corrected chi connectivity index (χ4v) is 4.11. The van der Waals surface area contributed by atoms with Gasteiger partial charge in [0.1, 0.15) is 12.2 Å². The molecular formula is C18H36BO5P. The van der Waals surface area contributed by atoms with E-state index in [9.17, 15) is 0 Å². The maximum atomic E-state index is 7.19. The van der Waals surface area contributed by atoms with E-state index in [1.54, 1.807) is 0 Å². The molecule has 2 rings (SSSR count). The highest BCUT2D eigenvalue weighted by molar-refractivity contribution is 7.60. The zero-order valence-corrected chi connectivity index (χ0v) is 17.8. The Morgan fingerprint density at radius 2 is 1.60 bits per heavy atom. The molecule has 0 aliphatic carbocycles. The summed E-state index contributed by atoms with van der Waals surface area (Å²) in [6.07, 6.45) is -1.01. The van der Waals surface area contributed by atoms with Crippen LogP contribution in [0.5, 0.6) is 0 Å². The van der Waals surface area contributed by atoms with Gasteiger partial charge in [-0.25, -0.2) is 0 Å². The van der Waals surface area contributed by atoms with Crippen molar-refractivity contribution in [3.8, 4) is 0 Å². The van der Waals surface area contributed by atoms with Crippen LogP contribution in [0.1, 0.15) is 41.5 Å². The van der Waals surface area contributed by atoms with Crippen molar-refractivity contribution in [1.82, 2.24) is 0 Å². The third-order valence-electron chi connectivity index (χ3n) is 6.34. The maximum absolute atomic E-state index is 7.19. The van der Waals surface area contributed by atoms with E-state index in [-0.39, 0.29) is 61.9 Å². The van der Waals surface area contributed by atoms with Crippen LogP contribution < -0.4 is 0 Å². The zero-order chi connectivity index (χ0) is 19.6. The van der Waals surface area contributed by atoms with Crippen molar-refractivity contribution in [2.45, 2.75) is 85.2 Å². The van der Waals surface area contributed by atoms with Crippen LogP contribution in [0.25, 0.3) is 0 Å². The first-order valence-electron chi connectivity index (χ1n) is 10.0. The minimum atomic E-state index is -0.354. The molecule has 11 unspecified atom stereocenters. The molecule has 0 aromatic carbocycles. The summed E-state index contributed by atoms with van der Waals surface area (Å²) in [6.45, 7) is 15.1. The van der Waals surface area contributed by atoms with E-state index < -0.39 is 0 Å². The largest absolute Gasteiger partial charge is 0.426 e. The van der Waals surface area contributed by atoms with Crippen LogP contribution in [0.2, 0.25) is 6.82 Å². The molecule has 2 aliphatic heterocycles. The summed E-state index contributed by atoms with van der Waals surface area (Å²) in [6, 6.07) is 0. The van der Waals surface area contributed by atoms with Crippen LogP contribution in [0.15, 0.2) is 0 Å². The van der Waals surface area contributed by atoms with E-state index in [0.717, 1.165) is 0 Å². The first kappa shape index (κ1) is 20.0. The number of hydrogen-bond acceptors (Lipinski definition) is 5. The molecule has 2 heterocycles. The number of ether oxygens (including phenoxy) is 3. The molecule has 2 aliphatic rings. The predicted molar refractivity (Wildman–Crippen MR) is 103 cm³/mol. The van der Waals surface area contributed by atoms with Crippen molar-refractivity contribution in [2.75, 3.05) is 6.61 Å². The molecule has 5 nitrogen and oxygen atoms in total. The number of rotatable bonds is 6. The van der Waals surface area contributed by atoms with Gasteiger partial charge in [-0.15, -0.1) is 9.12 Å². The van der Waals surface area contributed by atoms with E-state index in [0.29, 0.717) is 11.8 Å². The Balaban J connectivity index is 2.21. The van der Waals surface area contributed by atoms with Crippen molar-refractivity contribution < 1.29 is 24.0 Å². The van der Waals surface area contributed by atoms with E-state index in [1.165, 1.54) is 0 Å². The van der Waals surface area contributed by atoms with Gasteiger partial charge in [0.15, 0.2) is 6.29 Å². The maximum Gasteiger partial charge on any atom is 0.312 e. The summed E-state index contributed by atoms with van der Waals surface area (Å²) >= 11 is 0. The molecule has 0 aromatic rings. The highest BCUT2D eigenvalue weighted by Crippen LogP contribution is 2.38. The lowest BCUT2D eigenvalue weighted by atomic mass is 9.79. The highest BCUT2D eigenvalue weighted by atomic mass is 31.0. The minimum Gasteiger partial charge on any atom is -0.426 e. The molecule has 11 atom stereocenters. The average molecular weight is 376 g/mol. The Labute approximate surface area is 157 Å². The SMILES string of the molecule is [3H]OCC1OC(C)C(C)C(OB(C)P)C1OC1OC(C)C(C)C(C)C1C. The van der Waals surface area contributed by atoms with Gasteiger partial charge < -0.3 is 24.0 Å². The number of hydrogen-bond donors (Lipinski definition) is 1. The second-order valence-corrected chi connectivity index (χ2v) is 9.04. The van der Waals surface area contributed by atoms with E-state index >= 15 is 0 Å². The highest BCUT2D eigenvalue weighted by Gasteiger charge is 2.47. The minimum absolute atomic E-state index is 0.000938. The third-order valence-corrected chi connectivity index (χ3v) is 6.50. The lowest BCUT2D eigenvalue weighted by Gasteiger charge is -2.49. The number of aliphatic hydroxyl groups excluding tert-OH is 1. The van der Waals surface area contributed by atoms with Gasteiger partial charge in [-0.05, 0) is 25.7 Å². The Bertz CT molecular complexity index is 446. The van der Waals surface area contributed by atoms with E-state index in [2.05, 4.69) is 48.8 Å². The van der Waals surface area contributed by atoms with Gasteiger partial charge in [0, 0.05) is 11.8 Å². The molecule has 0 saturated carbocycles. The molecule has 25 heavy (non-hydrogen) atoms. The summed E-state index contributed by atoms with van der Waals surface area (Å²) in [5.74, 6) is 1.41. The first-order chi connectivity index (χ1) is 12.2. The Kier molecular flexibility index (Phi) is 7.21. The summed E-state index contributed by atoms with van der Waals surface area (Å²) < 4.78 is 32.2. The van der Waals surface area contributed by atoms with Gasteiger partial charge in [0.25, 0.3) is 0 Å². The lowest BCUT2D eigenvalue weighted by Crippen LogP contribution is -2.59. The molecule has 0 bridgehead atoms. The zero-order valence-electron chi connectivity index (χ0n) is 17.7. The molecule has 0 spiro atoms. The second kappa shape index (κ2) is 8.99. The van der Waals surface area contributed by atoms with Gasteiger partial charge >= 0.3 is 6.64 Å². The van der Waals surface area contributed by atoms with Crippen LogP contribution >= 0.6 is 9.12 Å². The third kappa shape index (κ3) is 4.77. The van der Waals surface area contributed by atoms with Crippen molar-refractivity contribution in [3.05, 3.63) is 0 Å². The molecular weight excluding hydrogens is 338 g/mol. The van der Waals surface area contributed by atoms with Crippen molar-refractivity contribution >= 4 is 15.8 Å². The van der Waals surface area contributed by atoms with Crippen molar-refractivity contribution in [2.24, 2.45) is 23.7 Å². The van der Waals surface area contributed by atoms with Crippen LogP contribution in [-0.4, -0.2) is 56.6 Å². The first-order valence-corrected chi connectivity index (χ1v) is 10.3. The van der Waals surface area contributed by atoms with Crippen LogP contribution in [0.4, 0.5) is 0 Å². The molecule has 0 radical (unpaired) electrons. The summed E-state index contributed by atoms with van der Waals surface area (Å²) in [4.78, 5) is 0. The van der Waals surface area contributed by atoms with Gasteiger partial charge in [-0.2, -0.15) is 0 Å². The molecule has 0 amide bonds. The van der Waals surface area contributed by atoms with Crippen LogP contribution in [0.3, 0.4) is 0 Å². The monoisotopic (exact) mass is 376 g/mol. The van der Waals surface area contributed by atoms with E-state index in [1.807, 2.05) is 13.7 Å². The van der Waals surface area contributed by atoms with Crippen LogP contribution in [-0.2, 0) is 18.9 Å². The molecule has 2 saturated heterocycles. The lowest BCUT2D eigenvalue weighted by molar-refractivity contribution is -0.305. The summed E-state index contributed by atoms with van der Waals surface area (Å²) in [5, 5.41) is 4.67. The molecule has 1 N–H and O–H groups in total. The van der Waals surface area contributed by atoms with E-state index in [4.69, 9.17) is 20.3 Å². The predicted octanol–water partition coefficient (Wildman–Crippen LogP) is 2.82. The van der Waals surface area contributed by atoms with Gasteiger partial charge in [0.2, 0.25) is 1.43 Å². The fraction of sp³-hybridized carbons (Fsp3) is 1.00. The molecule has 0 aromatic heterocycles. The fourth-order valence-electron chi connectivity index (χ4n) is 3.93. The second-order valence-electron chi connectivity index (χ2n) is 8.10. The summed E-state index contributed by atoms with van der Waals surface area (Å²) in [5.41, 5.74) is 0. The van der Waals surface area contributed by atoms with Crippen molar-refractivity contribution in [1.29, 1.82) is 1.43 Å². The quantitative estimate of drug-likeness (QED) is 0.571. The Morgan fingerprint density at radius 1 is 0.960 bits per heavy atom. The van der Waals surface area contributed by atoms with Gasteiger partial charge in [-0.1, -0.05) is 34.5 Å². The van der Waals surface area contributed by atoms with Crippen LogP contribution in [0, 0.1) is 23.7 Å². The summed E-state index contributed by atoms with van der Waals surface area (Å²) in [7, 11) is 2.68. The average Bonchev–Trinajstić information content (AvgIpc) is 2.57. The standard InChI is InChI=1S/C18H36BO5P/c1-9-10(2)13(5)22-18(11(9)3)23-17-15(8-20)21-14(6)12(4)16(17)24-19(7)25/h9-18,20H,8,25H2,1-7H3/i20T. The number of aliphatic hydroxyl groups is 1. The normalized spacial score (nSPS) is 48.9. The van der Waals surface area contributed by atoms with Gasteiger partial charge in [0.05, 0.1) is 24.9 Å². The molecule has 7 heteroatoms. The topological polar surface area (TPSA) is 57.2 Å². The van der Waals surface area contributed by atoms with Gasteiger partial charge in [-0.3, -0.25) is 0 Å². The molecule has 2 fully saturated rings. The Hall–Kier alpha value is 0.295. The van der Waals surface area contributed by atoms with Crippen molar-refractivity contribution in [3.63, 3.8) is 0 Å². The smallest absolute Gasteiger partial charge is 0.312 e. The molecule has 146 valence electrons.